The van der Waals surface area contributed by atoms with E-state index in [1.54, 1.807) is 37.4 Å². The predicted octanol–water partition coefficient (Wildman–Crippen LogP) is 2.44. The van der Waals surface area contributed by atoms with Crippen molar-refractivity contribution >= 4 is 35.1 Å². The highest BCUT2D eigenvalue weighted by Gasteiger charge is 2.26. The maximum Gasteiger partial charge on any atom is 0.328 e. The first kappa shape index (κ1) is 25.1. The maximum absolute atomic E-state index is 12.9. The van der Waals surface area contributed by atoms with Crippen LogP contribution in [-0.4, -0.2) is 56.6 Å². The van der Waals surface area contributed by atoms with Crippen molar-refractivity contribution in [3.8, 4) is 5.75 Å². The Morgan fingerprint density at radius 2 is 1.86 bits per heavy atom. The van der Waals surface area contributed by atoms with Gasteiger partial charge in [0, 0.05) is 12.6 Å². The highest BCUT2D eigenvalue weighted by Crippen LogP contribution is 2.29. The van der Waals surface area contributed by atoms with Gasteiger partial charge in [-0.2, -0.15) is 0 Å². The molecule has 0 radical (unpaired) electrons. The Bertz CT molecular complexity index is 1270. The van der Waals surface area contributed by atoms with E-state index in [1.165, 1.54) is 11.3 Å². The number of amides is 2. The van der Waals surface area contributed by atoms with Crippen LogP contribution in [0.2, 0.25) is 0 Å². The zero-order valence-corrected chi connectivity index (χ0v) is 20.7. The summed E-state index contributed by atoms with van der Waals surface area (Å²) in [5, 5.41) is 29.8. The van der Waals surface area contributed by atoms with Gasteiger partial charge < -0.3 is 26.2 Å². The summed E-state index contributed by atoms with van der Waals surface area (Å²) in [6.07, 6.45) is 2.29. The number of nitrogens with zero attached hydrogens (tertiary/aromatic N) is 2. The lowest BCUT2D eigenvalue weighted by atomic mass is 9.88. The van der Waals surface area contributed by atoms with Crippen molar-refractivity contribution in [2.45, 2.75) is 45.2 Å². The fourth-order valence-corrected chi connectivity index (χ4v) is 4.94. The SMILES string of the molecule is Cc1nc(NC2CCc3cccc(O)c3C2)nc(C)c1C(=O)N[C@@H](CNC(=O)c1cccs1)C(=O)O. The molecule has 0 fully saturated rings. The first-order chi connectivity index (χ1) is 17.2. The quantitative estimate of drug-likeness (QED) is 0.310. The van der Waals surface area contributed by atoms with Crippen LogP contribution in [0.15, 0.2) is 35.7 Å². The third-order valence-corrected chi connectivity index (χ3v) is 6.98. The van der Waals surface area contributed by atoms with E-state index in [0.29, 0.717) is 28.6 Å². The lowest BCUT2D eigenvalue weighted by Gasteiger charge is -2.26. The molecule has 1 aliphatic rings. The fraction of sp³-hybridized carbons (Fsp3) is 0.320. The minimum absolute atomic E-state index is 0.0209. The number of fused-ring (bicyclic) bond motifs is 1. The summed E-state index contributed by atoms with van der Waals surface area (Å²) < 4.78 is 0. The molecule has 0 saturated heterocycles. The Hall–Kier alpha value is -3.99. The van der Waals surface area contributed by atoms with Gasteiger partial charge in [-0.1, -0.05) is 18.2 Å². The van der Waals surface area contributed by atoms with Crippen LogP contribution in [0, 0.1) is 13.8 Å². The minimum Gasteiger partial charge on any atom is -0.508 e. The zero-order valence-electron chi connectivity index (χ0n) is 19.9. The Morgan fingerprint density at radius 3 is 2.53 bits per heavy atom. The molecule has 1 aliphatic carbocycles. The molecular formula is C25H27N5O5S. The standard InChI is InChI=1S/C25H27N5O5S/c1-13-21(23(33)30-18(24(34)35)12-26-22(32)20-7-4-10-36-20)14(2)28-25(27-13)29-16-9-8-15-5-3-6-19(31)17(15)11-16/h3-7,10,16,18,31H,8-9,11-12H2,1-2H3,(H,26,32)(H,30,33)(H,34,35)(H,27,28,29)/t16?,18-/m0/s1. The second-order valence-electron chi connectivity index (χ2n) is 8.64. The van der Waals surface area contributed by atoms with Crippen LogP contribution < -0.4 is 16.0 Å². The van der Waals surface area contributed by atoms with Gasteiger partial charge in [0.1, 0.15) is 11.8 Å². The third kappa shape index (κ3) is 5.62. The van der Waals surface area contributed by atoms with E-state index in [4.69, 9.17) is 0 Å². The van der Waals surface area contributed by atoms with Gasteiger partial charge in [0.15, 0.2) is 0 Å². The van der Waals surface area contributed by atoms with Crippen LogP contribution >= 0.6 is 11.3 Å². The molecule has 188 valence electrons. The summed E-state index contributed by atoms with van der Waals surface area (Å²) in [5.41, 5.74) is 3.02. The number of carbonyl (C=O) groups is 3. The smallest absolute Gasteiger partial charge is 0.328 e. The topological polar surface area (TPSA) is 154 Å². The number of benzene rings is 1. The van der Waals surface area contributed by atoms with Crippen molar-refractivity contribution < 1.29 is 24.6 Å². The number of anilines is 1. The molecule has 1 aromatic carbocycles. The molecule has 2 aromatic heterocycles. The molecule has 0 spiro atoms. The average molecular weight is 510 g/mol. The molecule has 0 bridgehead atoms. The Labute approximate surface area is 211 Å². The number of phenolic OH excluding ortho intramolecular Hbond substituents is 1. The first-order valence-corrected chi connectivity index (χ1v) is 12.4. The largest absolute Gasteiger partial charge is 0.508 e. The van der Waals surface area contributed by atoms with Gasteiger partial charge in [-0.25, -0.2) is 14.8 Å². The fourth-order valence-electron chi connectivity index (χ4n) is 4.30. The van der Waals surface area contributed by atoms with E-state index in [1.807, 2.05) is 12.1 Å². The van der Waals surface area contributed by atoms with Gasteiger partial charge >= 0.3 is 5.97 Å². The van der Waals surface area contributed by atoms with Crippen LogP contribution in [0.25, 0.3) is 0 Å². The summed E-state index contributed by atoms with van der Waals surface area (Å²) in [5.74, 6) is -1.67. The Kier molecular flexibility index (Phi) is 7.49. The van der Waals surface area contributed by atoms with Crippen molar-refractivity contribution in [1.29, 1.82) is 0 Å². The third-order valence-electron chi connectivity index (χ3n) is 6.11. The summed E-state index contributed by atoms with van der Waals surface area (Å²) in [6.45, 7) is 3.04. The molecule has 2 atom stereocenters. The summed E-state index contributed by atoms with van der Waals surface area (Å²) in [6, 6.07) is 7.58. The lowest BCUT2D eigenvalue weighted by molar-refractivity contribution is -0.139. The van der Waals surface area contributed by atoms with Gasteiger partial charge in [0.2, 0.25) is 5.95 Å². The molecular weight excluding hydrogens is 482 g/mol. The number of carboxylic acid groups (broad SMARTS) is 1. The molecule has 10 nitrogen and oxygen atoms in total. The number of aliphatic carboxylic acids is 1. The molecule has 36 heavy (non-hydrogen) atoms. The number of hydrogen-bond donors (Lipinski definition) is 5. The van der Waals surface area contributed by atoms with Crippen LogP contribution in [0.4, 0.5) is 5.95 Å². The van der Waals surface area contributed by atoms with Crippen LogP contribution in [-0.2, 0) is 17.6 Å². The number of aromatic nitrogens is 2. The number of carbonyl (C=O) groups excluding carboxylic acids is 2. The van der Waals surface area contributed by atoms with Gasteiger partial charge in [-0.3, -0.25) is 9.59 Å². The molecule has 0 aliphatic heterocycles. The highest BCUT2D eigenvalue weighted by molar-refractivity contribution is 7.12. The number of aryl methyl sites for hydroxylation is 3. The normalized spacial score (nSPS) is 15.4. The molecule has 5 N–H and O–H groups in total. The van der Waals surface area contributed by atoms with Crippen molar-refractivity contribution in [1.82, 2.24) is 20.6 Å². The highest BCUT2D eigenvalue weighted by atomic mass is 32.1. The number of nitrogens with one attached hydrogen (secondary N) is 3. The second-order valence-corrected chi connectivity index (χ2v) is 9.59. The molecule has 4 rings (SSSR count). The van der Waals surface area contributed by atoms with E-state index in [9.17, 15) is 24.6 Å². The molecule has 2 amide bonds. The Balaban J connectivity index is 1.42. The van der Waals surface area contributed by atoms with Gasteiger partial charge in [-0.15, -0.1) is 11.3 Å². The zero-order chi connectivity index (χ0) is 25.8. The number of thiophene rings is 1. The van der Waals surface area contributed by atoms with E-state index < -0.39 is 23.8 Å². The van der Waals surface area contributed by atoms with Crippen molar-refractivity contribution in [2.24, 2.45) is 0 Å². The predicted molar refractivity (Wildman–Crippen MR) is 135 cm³/mol. The number of rotatable bonds is 8. The number of phenols is 1. The molecule has 11 heteroatoms. The number of aromatic hydroxyl groups is 1. The molecule has 2 heterocycles. The maximum atomic E-state index is 12.9. The van der Waals surface area contributed by atoms with Crippen LogP contribution in [0.5, 0.6) is 5.75 Å². The molecule has 1 unspecified atom stereocenters. The average Bonchev–Trinajstić information content (AvgIpc) is 3.37. The summed E-state index contributed by atoms with van der Waals surface area (Å²) in [7, 11) is 0. The molecule has 3 aromatic rings. The van der Waals surface area contributed by atoms with Crippen molar-refractivity contribution in [2.75, 3.05) is 11.9 Å². The summed E-state index contributed by atoms with van der Waals surface area (Å²) in [4.78, 5) is 46.1. The summed E-state index contributed by atoms with van der Waals surface area (Å²) >= 11 is 1.24. The van der Waals surface area contributed by atoms with Gasteiger partial charge in [-0.05, 0) is 61.7 Å². The van der Waals surface area contributed by atoms with Gasteiger partial charge in [0.25, 0.3) is 11.8 Å². The first-order valence-electron chi connectivity index (χ1n) is 11.5. The van der Waals surface area contributed by atoms with Crippen molar-refractivity contribution in [3.63, 3.8) is 0 Å². The monoisotopic (exact) mass is 509 g/mol. The Morgan fingerprint density at radius 1 is 1.11 bits per heavy atom. The van der Waals surface area contributed by atoms with E-state index in [2.05, 4.69) is 25.9 Å². The van der Waals surface area contributed by atoms with Crippen LogP contribution in [0.1, 0.15) is 49.0 Å². The van der Waals surface area contributed by atoms with E-state index >= 15 is 0 Å². The lowest BCUT2D eigenvalue weighted by Crippen LogP contribution is -2.48. The number of carboxylic acids is 1. The molecule has 0 saturated carbocycles. The van der Waals surface area contributed by atoms with Gasteiger partial charge in [0.05, 0.1) is 21.8 Å². The second kappa shape index (κ2) is 10.7. The van der Waals surface area contributed by atoms with E-state index in [-0.39, 0.29) is 23.9 Å². The minimum atomic E-state index is -1.33. The van der Waals surface area contributed by atoms with Crippen LogP contribution in [0.3, 0.4) is 0 Å². The van der Waals surface area contributed by atoms with Crippen molar-refractivity contribution in [3.05, 3.63) is 68.7 Å². The number of hydrogen-bond acceptors (Lipinski definition) is 8. The van der Waals surface area contributed by atoms with E-state index in [0.717, 1.165) is 24.0 Å².